The minimum Gasteiger partial charge on any atom is -0.310 e. The molecule has 0 saturated heterocycles. The molecule has 1 aromatic carbocycles. The van der Waals surface area contributed by atoms with Gasteiger partial charge in [0.05, 0.1) is 18.0 Å². The van der Waals surface area contributed by atoms with Crippen LogP contribution in [0.3, 0.4) is 0 Å². The summed E-state index contributed by atoms with van der Waals surface area (Å²) in [7, 11) is -7.77. The maximum atomic E-state index is 12.5. The minimum absolute atomic E-state index is 0.134. The number of ether oxygens (including phenoxy) is 1. The minimum atomic E-state index is -6.06. The molecule has 2 atom stereocenters. The molecule has 0 heterocycles. The monoisotopic (exact) mass is 390 g/mol. The molecule has 13 heteroatoms. The Balaban J connectivity index is 3.16. The summed E-state index contributed by atoms with van der Waals surface area (Å²) in [6.45, 7) is 1.06. The van der Waals surface area contributed by atoms with Crippen molar-refractivity contribution in [3.8, 4) is 0 Å². The Bertz CT molecular complexity index is 707. The maximum absolute atomic E-state index is 12.5. The second-order valence-corrected chi connectivity index (χ2v) is 6.88. The third-order valence-electron chi connectivity index (χ3n) is 2.64. The molecule has 0 bridgehead atoms. The average Bonchev–Trinajstić information content (AvgIpc) is 2.46. The molecule has 0 aliphatic carbocycles. The topological polar surface area (TPSA) is 113 Å². The molecule has 0 aliphatic heterocycles. The molecule has 1 rings (SSSR count). The van der Waals surface area contributed by atoms with Gasteiger partial charge in [0.1, 0.15) is 0 Å². The van der Waals surface area contributed by atoms with Crippen molar-refractivity contribution in [3.05, 3.63) is 39.9 Å². The smallest absolute Gasteiger partial charge is 0.310 e. The molecule has 24 heavy (non-hydrogen) atoms. The lowest BCUT2D eigenvalue weighted by Crippen LogP contribution is -2.39. The Hall–Kier alpha value is -1.62. The quantitative estimate of drug-likeness (QED) is 0.167. The van der Waals surface area contributed by atoms with E-state index < -0.39 is 41.0 Å². The lowest BCUT2D eigenvalue weighted by Gasteiger charge is -2.21. The van der Waals surface area contributed by atoms with Crippen LogP contribution in [0.2, 0.25) is 0 Å². The second kappa shape index (κ2) is 7.51. The van der Waals surface area contributed by atoms with Gasteiger partial charge in [-0.3, -0.25) is 10.1 Å². The third-order valence-corrected chi connectivity index (χ3v) is 4.58. The van der Waals surface area contributed by atoms with Gasteiger partial charge in [0, 0.05) is 12.1 Å². The van der Waals surface area contributed by atoms with E-state index in [0.717, 1.165) is 24.3 Å². The van der Waals surface area contributed by atoms with Gasteiger partial charge in [-0.15, -0.1) is 0 Å². The van der Waals surface area contributed by atoms with E-state index in [1.807, 2.05) is 0 Å². The molecule has 0 N–H and O–H groups in total. The first kappa shape index (κ1) is 20.4. The lowest BCUT2D eigenvalue weighted by molar-refractivity contribution is -0.384. The highest BCUT2D eigenvalue weighted by molar-refractivity contribution is 7.87. The fraction of sp³-hybridized carbons (Fsp3) is 0.455. The van der Waals surface area contributed by atoms with Crippen LogP contribution >= 0.6 is 8.46 Å². The van der Waals surface area contributed by atoms with Crippen molar-refractivity contribution in [2.24, 2.45) is 0 Å². The number of non-ortho nitro benzene ring substituents is 1. The van der Waals surface area contributed by atoms with Crippen molar-refractivity contribution in [1.82, 2.24) is 0 Å². The Morgan fingerprint density at radius 1 is 1.25 bits per heavy atom. The zero-order valence-electron chi connectivity index (χ0n) is 12.1. The van der Waals surface area contributed by atoms with Crippen LogP contribution in [0.15, 0.2) is 24.3 Å². The number of rotatable bonds is 8. The number of alkyl halides is 3. The molecule has 0 spiro atoms. The van der Waals surface area contributed by atoms with E-state index in [0.29, 0.717) is 0 Å². The summed E-state index contributed by atoms with van der Waals surface area (Å²) in [6, 6.07) is 4.43. The molecule has 0 aliphatic rings. The van der Waals surface area contributed by atoms with Crippen molar-refractivity contribution in [2.75, 3.05) is 6.61 Å². The Kier molecular flexibility index (Phi) is 6.39. The average molecular weight is 390 g/mol. The predicted molar refractivity (Wildman–Crippen MR) is 76.2 cm³/mol. The van der Waals surface area contributed by atoms with Gasteiger partial charge in [-0.25, -0.2) is 0 Å². The highest BCUT2D eigenvalue weighted by Crippen LogP contribution is 2.37. The summed E-state index contributed by atoms with van der Waals surface area (Å²) in [4.78, 5) is 9.86. The molecule has 0 fully saturated rings. The van der Waals surface area contributed by atoms with Gasteiger partial charge in [0.15, 0.2) is 0 Å². The molecule has 1 aromatic rings. The van der Waals surface area contributed by atoms with Crippen molar-refractivity contribution >= 4 is 24.3 Å². The van der Waals surface area contributed by atoms with Crippen LogP contribution < -0.4 is 0 Å². The molecule has 0 aromatic heterocycles. The summed E-state index contributed by atoms with van der Waals surface area (Å²) >= 11 is 0. The number of halogens is 3. The van der Waals surface area contributed by atoms with Crippen molar-refractivity contribution < 1.29 is 40.0 Å². The van der Waals surface area contributed by atoms with Gasteiger partial charge < -0.3 is 4.74 Å². The molecule has 2 unspecified atom stereocenters. The van der Waals surface area contributed by atoms with E-state index in [9.17, 15) is 36.3 Å². The van der Waals surface area contributed by atoms with Gasteiger partial charge in [0.2, 0.25) is 0 Å². The molecule has 8 nitrogen and oxygen atoms in total. The van der Waals surface area contributed by atoms with Crippen LogP contribution in [0, 0.1) is 10.1 Å². The number of nitro benzene ring substituents is 1. The van der Waals surface area contributed by atoms with E-state index in [1.165, 1.54) is 6.92 Å². The van der Waals surface area contributed by atoms with Crippen LogP contribution in [0.25, 0.3) is 0 Å². The van der Waals surface area contributed by atoms with Crippen LogP contribution in [-0.4, -0.2) is 31.0 Å². The first-order valence-electron chi connectivity index (χ1n) is 6.25. The summed E-state index contributed by atoms with van der Waals surface area (Å²) in [6.07, 6.45) is -0.629. The van der Waals surface area contributed by atoms with Crippen molar-refractivity contribution in [3.63, 3.8) is 0 Å². The van der Waals surface area contributed by atoms with Gasteiger partial charge in [-0.05, 0) is 12.5 Å². The number of hydrogen-bond donors (Lipinski definition) is 0. The van der Waals surface area contributed by atoms with Crippen LogP contribution in [0.1, 0.15) is 12.5 Å². The van der Waals surface area contributed by atoms with E-state index in [-0.39, 0.29) is 17.9 Å². The number of nitrogens with zero attached hydrogens (tertiary/aromatic N) is 1. The standard InChI is InChI=1S/C11H11F3NO7PS/c1-2-21-10(23-18,22-24(19,20)11(12,13)14)7-8-3-5-9(6-4-8)15(16)17/h3-6H,2,7H2,1H3/p+1. The van der Waals surface area contributed by atoms with Gasteiger partial charge >= 0.3 is 29.6 Å². The normalized spacial score (nSPS) is 15.2. The second-order valence-electron chi connectivity index (χ2n) is 4.37. The Morgan fingerprint density at radius 2 is 1.79 bits per heavy atom. The summed E-state index contributed by atoms with van der Waals surface area (Å²) < 4.78 is 80.1. The largest absolute Gasteiger partial charge is 0.523 e. The van der Waals surface area contributed by atoms with Crippen LogP contribution in [0.4, 0.5) is 18.9 Å². The molecular weight excluding hydrogens is 378 g/mol. The van der Waals surface area contributed by atoms with E-state index in [1.54, 1.807) is 0 Å². The number of nitro groups is 1. The van der Waals surface area contributed by atoms with Crippen molar-refractivity contribution in [1.29, 1.82) is 0 Å². The molecule has 0 radical (unpaired) electrons. The van der Waals surface area contributed by atoms with Gasteiger partial charge in [0.25, 0.3) is 5.69 Å². The zero-order chi connectivity index (χ0) is 18.6. The highest BCUT2D eigenvalue weighted by atomic mass is 32.2. The Labute approximate surface area is 136 Å². The first-order chi connectivity index (χ1) is 11.0. The van der Waals surface area contributed by atoms with Gasteiger partial charge in [-0.2, -0.15) is 25.8 Å². The molecular formula is C11H12F3NO7PS+. The van der Waals surface area contributed by atoms with Crippen LogP contribution in [0.5, 0.6) is 0 Å². The fourth-order valence-electron chi connectivity index (χ4n) is 1.65. The number of hydrogen-bond acceptors (Lipinski definition) is 7. The summed E-state index contributed by atoms with van der Waals surface area (Å²) in [5, 5.41) is 10.6. The Morgan fingerprint density at radius 3 is 2.17 bits per heavy atom. The van der Waals surface area contributed by atoms with E-state index in [2.05, 4.69) is 4.18 Å². The van der Waals surface area contributed by atoms with E-state index >= 15 is 0 Å². The zero-order valence-corrected chi connectivity index (χ0v) is 13.9. The maximum Gasteiger partial charge on any atom is 0.523 e. The predicted octanol–water partition coefficient (Wildman–Crippen LogP) is 2.72. The number of benzene rings is 1. The molecule has 0 saturated carbocycles. The summed E-state index contributed by atoms with van der Waals surface area (Å²) in [5.41, 5.74) is -8.45. The fourth-order valence-corrected chi connectivity index (χ4v) is 3.15. The molecule has 0 amide bonds. The first-order valence-corrected chi connectivity index (χ1v) is 8.56. The SMILES string of the molecule is CCOC(Cc1ccc([N+](=O)[O-])cc1)(OS(=O)(=O)C(F)(F)F)[PH+]=O. The third kappa shape index (κ3) is 4.94. The summed E-state index contributed by atoms with van der Waals surface area (Å²) in [5.74, 6) is 0. The molecule has 134 valence electrons. The highest BCUT2D eigenvalue weighted by Gasteiger charge is 2.56. The van der Waals surface area contributed by atoms with E-state index in [4.69, 9.17) is 4.74 Å². The van der Waals surface area contributed by atoms with Crippen molar-refractivity contribution in [2.45, 2.75) is 24.4 Å². The van der Waals surface area contributed by atoms with Gasteiger partial charge in [-0.1, -0.05) is 16.7 Å². The van der Waals surface area contributed by atoms with Crippen LogP contribution in [-0.2, 0) is 30.0 Å². The lowest BCUT2D eigenvalue weighted by atomic mass is 10.1.